The number of hydrogen-bond acceptors (Lipinski definition) is 2. The first-order chi connectivity index (χ1) is 7.78. The van der Waals surface area contributed by atoms with Crippen LogP contribution in [0, 0.1) is 0 Å². The molecule has 1 rings (SSSR count). The van der Waals surface area contributed by atoms with Crippen LogP contribution < -0.4 is 0 Å². The van der Waals surface area contributed by atoms with Gasteiger partial charge in [0.05, 0.1) is 6.61 Å². The average molecular weight is 254 g/mol. The summed E-state index contributed by atoms with van der Waals surface area (Å²) in [7, 11) is -1.77. The lowest BCUT2D eigenvalue weighted by atomic mass is 10.2. The topological polar surface area (TPSA) is 18.5 Å². The molecule has 0 aromatic rings. The zero-order valence-electron chi connectivity index (χ0n) is 11.9. The van der Waals surface area contributed by atoms with Gasteiger partial charge in [0.25, 0.3) is 0 Å². The van der Waals surface area contributed by atoms with Crippen LogP contribution in [0.15, 0.2) is 24.5 Å². The molecule has 3 heteroatoms. The van der Waals surface area contributed by atoms with E-state index in [1.165, 1.54) is 0 Å². The highest BCUT2D eigenvalue weighted by atomic mass is 28.4. The van der Waals surface area contributed by atoms with E-state index in [2.05, 4.69) is 46.5 Å². The Hall–Kier alpha value is -0.543. The Kier molecular flexibility index (Phi) is 4.61. The maximum atomic E-state index is 6.32. The van der Waals surface area contributed by atoms with E-state index in [0.717, 1.165) is 25.2 Å². The molecule has 17 heavy (non-hydrogen) atoms. The van der Waals surface area contributed by atoms with Crippen LogP contribution in [0.4, 0.5) is 0 Å². The summed E-state index contributed by atoms with van der Waals surface area (Å²) in [6.07, 6.45) is 6.12. The van der Waals surface area contributed by atoms with Gasteiger partial charge in [0.1, 0.15) is 11.9 Å². The fraction of sp³-hybridized carbons (Fsp3) is 0.714. The minimum atomic E-state index is -1.77. The second-order valence-electron chi connectivity index (χ2n) is 6.13. The molecule has 1 atom stereocenters. The molecular formula is C14H26O2Si. The Morgan fingerprint density at radius 3 is 2.53 bits per heavy atom. The molecule has 0 bridgehead atoms. The van der Waals surface area contributed by atoms with E-state index in [-0.39, 0.29) is 11.1 Å². The van der Waals surface area contributed by atoms with Crippen LogP contribution in [0.2, 0.25) is 18.1 Å². The van der Waals surface area contributed by atoms with Crippen LogP contribution in [0.25, 0.3) is 0 Å². The summed E-state index contributed by atoms with van der Waals surface area (Å²) < 4.78 is 12.0. The largest absolute Gasteiger partial charge is 0.495 e. The third-order valence-electron chi connectivity index (χ3n) is 3.68. The highest BCUT2D eigenvalue weighted by molar-refractivity contribution is 6.74. The Labute approximate surface area is 107 Å². The van der Waals surface area contributed by atoms with Gasteiger partial charge >= 0.3 is 0 Å². The Balaban J connectivity index is 2.76. The van der Waals surface area contributed by atoms with Crippen LogP contribution in [-0.2, 0) is 9.16 Å². The minimum absolute atomic E-state index is 0.0730. The first-order valence-corrected chi connectivity index (χ1v) is 9.32. The fourth-order valence-corrected chi connectivity index (χ4v) is 2.69. The lowest BCUT2D eigenvalue weighted by molar-refractivity contribution is 0.119. The lowest BCUT2D eigenvalue weighted by Gasteiger charge is -2.39. The molecule has 1 aliphatic rings. The molecule has 98 valence electrons. The molecule has 0 unspecified atom stereocenters. The highest BCUT2D eigenvalue weighted by Gasteiger charge is 2.39. The summed E-state index contributed by atoms with van der Waals surface area (Å²) in [5.74, 6) is 0.955. The van der Waals surface area contributed by atoms with E-state index in [1.807, 2.05) is 6.08 Å². The van der Waals surface area contributed by atoms with Crippen LogP contribution in [0.3, 0.4) is 0 Å². The van der Waals surface area contributed by atoms with Gasteiger partial charge in [-0.2, -0.15) is 0 Å². The number of ether oxygens (including phenoxy) is 1. The predicted molar refractivity (Wildman–Crippen MR) is 75.5 cm³/mol. The lowest BCUT2D eigenvalue weighted by Crippen LogP contribution is -2.44. The summed E-state index contributed by atoms with van der Waals surface area (Å²) in [4.78, 5) is 0. The molecule has 0 aromatic heterocycles. The van der Waals surface area contributed by atoms with Crippen molar-refractivity contribution in [3.8, 4) is 0 Å². The monoisotopic (exact) mass is 254 g/mol. The quantitative estimate of drug-likeness (QED) is 0.551. The first kappa shape index (κ1) is 14.5. The van der Waals surface area contributed by atoms with E-state index in [9.17, 15) is 0 Å². The average Bonchev–Trinajstić information content (AvgIpc) is 2.25. The van der Waals surface area contributed by atoms with Crippen molar-refractivity contribution in [1.29, 1.82) is 0 Å². The van der Waals surface area contributed by atoms with Crippen LogP contribution in [-0.4, -0.2) is 21.0 Å². The van der Waals surface area contributed by atoms with Gasteiger partial charge in [0, 0.05) is 0 Å². The van der Waals surface area contributed by atoms with E-state index < -0.39 is 8.32 Å². The smallest absolute Gasteiger partial charge is 0.193 e. The zero-order valence-corrected chi connectivity index (χ0v) is 12.9. The van der Waals surface area contributed by atoms with Crippen LogP contribution in [0.5, 0.6) is 0 Å². The van der Waals surface area contributed by atoms with Crippen molar-refractivity contribution in [2.45, 2.75) is 57.8 Å². The summed E-state index contributed by atoms with van der Waals surface area (Å²) in [6, 6.07) is 0. The fourth-order valence-electron chi connectivity index (χ4n) is 1.49. The van der Waals surface area contributed by atoms with Gasteiger partial charge in [-0.15, -0.1) is 6.58 Å². The van der Waals surface area contributed by atoms with E-state index in [0.29, 0.717) is 0 Å². The third-order valence-corrected chi connectivity index (χ3v) is 8.14. The molecule has 2 nitrogen and oxygen atoms in total. The van der Waals surface area contributed by atoms with Crippen molar-refractivity contribution in [2.75, 3.05) is 6.61 Å². The van der Waals surface area contributed by atoms with E-state index in [1.54, 1.807) is 0 Å². The van der Waals surface area contributed by atoms with Crippen LogP contribution in [0.1, 0.15) is 33.6 Å². The van der Waals surface area contributed by atoms with Crippen molar-refractivity contribution < 1.29 is 9.16 Å². The molecule has 0 N–H and O–H groups in total. The first-order valence-electron chi connectivity index (χ1n) is 6.41. The molecule has 0 aliphatic carbocycles. The van der Waals surface area contributed by atoms with Crippen molar-refractivity contribution >= 4 is 8.32 Å². The minimum Gasteiger partial charge on any atom is -0.495 e. The Morgan fingerprint density at radius 2 is 2.12 bits per heavy atom. The third kappa shape index (κ3) is 3.71. The highest BCUT2D eigenvalue weighted by Crippen LogP contribution is 2.38. The van der Waals surface area contributed by atoms with Gasteiger partial charge in [-0.25, -0.2) is 0 Å². The van der Waals surface area contributed by atoms with Gasteiger partial charge in [-0.3, -0.25) is 0 Å². The molecule has 0 spiro atoms. The molecule has 0 amide bonds. The molecule has 0 saturated heterocycles. The molecule has 0 fully saturated rings. The zero-order chi connectivity index (χ0) is 13.1. The van der Waals surface area contributed by atoms with Gasteiger partial charge in [0.2, 0.25) is 0 Å². The van der Waals surface area contributed by atoms with Gasteiger partial charge < -0.3 is 9.16 Å². The number of hydrogen-bond donors (Lipinski definition) is 0. The summed E-state index contributed by atoms with van der Waals surface area (Å²) >= 11 is 0. The SMILES string of the molecule is C=C[C@@H](O[Si](C)(C)C(C)(C)C)C1=CCCCO1. The Bertz CT molecular complexity index is 300. The maximum absolute atomic E-state index is 6.32. The van der Waals surface area contributed by atoms with Crippen molar-refractivity contribution in [1.82, 2.24) is 0 Å². The van der Waals surface area contributed by atoms with Crippen molar-refractivity contribution in [2.24, 2.45) is 0 Å². The molecule has 1 heterocycles. The van der Waals surface area contributed by atoms with Crippen LogP contribution >= 0.6 is 0 Å². The second kappa shape index (κ2) is 5.40. The van der Waals surface area contributed by atoms with Gasteiger partial charge in [-0.05, 0) is 37.0 Å². The standard InChI is InChI=1S/C14H26O2Si/c1-7-12(13-10-8-9-11-15-13)16-17(5,6)14(2,3)4/h7,10,12H,1,8-9,11H2,2-6H3/t12-/m1/s1. The van der Waals surface area contributed by atoms with Gasteiger partial charge in [0.15, 0.2) is 8.32 Å². The molecule has 0 radical (unpaired) electrons. The Morgan fingerprint density at radius 1 is 1.47 bits per heavy atom. The summed E-state index contributed by atoms with van der Waals surface area (Å²) in [5.41, 5.74) is 0. The molecule has 0 saturated carbocycles. The van der Waals surface area contributed by atoms with Crippen molar-refractivity contribution in [3.05, 3.63) is 24.5 Å². The number of rotatable bonds is 4. The summed E-state index contributed by atoms with van der Waals surface area (Å²) in [5, 5.41) is 0.212. The normalized spacial score (nSPS) is 19.2. The molecular weight excluding hydrogens is 228 g/mol. The summed E-state index contributed by atoms with van der Waals surface area (Å²) in [6.45, 7) is 15.9. The van der Waals surface area contributed by atoms with Gasteiger partial charge in [-0.1, -0.05) is 26.8 Å². The van der Waals surface area contributed by atoms with E-state index in [4.69, 9.17) is 9.16 Å². The van der Waals surface area contributed by atoms with E-state index >= 15 is 0 Å². The second-order valence-corrected chi connectivity index (χ2v) is 10.9. The van der Waals surface area contributed by atoms with Crippen molar-refractivity contribution in [3.63, 3.8) is 0 Å². The predicted octanol–water partition coefficient (Wildman–Crippen LogP) is 4.26. The molecule has 0 aromatic carbocycles. The maximum Gasteiger partial charge on any atom is 0.193 e. The molecule has 1 aliphatic heterocycles. The number of allylic oxidation sites excluding steroid dienone is 1.